The number of nitrogens with zero attached hydrogens (tertiary/aromatic N) is 4. The third kappa shape index (κ3) is 20.1. The molecular weight excluding hydrogens is 1050 g/mol. The summed E-state index contributed by atoms with van der Waals surface area (Å²) in [6.07, 6.45) is 5.86. The highest BCUT2D eigenvalue weighted by Gasteiger charge is 2.41. The molecule has 450 valence electrons. The Morgan fingerprint density at radius 3 is 1.86 bits per heavy atom. The molecule has 5 amide bonds. The van der Waals surface area contributed by atoms with Crippen molar-refractivity contribution in [1.82, 2.24) is 40.9 Å². The first-order valence-electron chi connectivity index (χ1n) is 28.7. The number of rotatable bonds is 29. The molecule has 0 unspecified atom stereocenters. The van der Waals surface area contributed by atoms with E-state index in [4.69, 9.17) is 4.74 Å². The van der Waals surface area contributed by atoms with Gasteiger partial charge in [0.2, 0.25) is 23.6 Å². The summed E-state index contributed by atoms with van der Waals surface area (Å²) in [7, 11) is 1.71. The molecule has 4 aromatic carbocycles. The lowest BCUT2D eigenvalue weighted by atomic mass is 9.92. The van der Waals surface area contributed by atoms with E-state index in [0.717, 1.165) is 42.1 Å². The minimum Gasteiger partial charge on any atom is -0.508 e. The van der Waals surface area contributed by atoms with Gasteiger partial charge in [-0.2, -0.15) is 0 Å². The molecule has 1 aliphatic rings. The average Bonchev–Trinajstić information content (AvgIpc) is 3.45. The van der Waals surface area contributed by atoms with Crippen molar-refractivity contribution in [3.05, 3.63) is 169 Å². The lowest BCUT2D eigenvalue weighted by molar-refractivity contribution is -0.143. The zero-order chi connectivity index (χ0) is 61.6. The predicted molar refractivity (Wildman–Crippen MR) is 329 cm³/mol. The number of carbonyl (C=O) groups excluding carboxylic acids is 5. The molecule has 1 heterocycles. The van der Waals surface area contributed by atoms with Crippen molar-refractivity contribution in [3.63, 3.8) is 0 Å². The molecule has 83 heavy (non-hydrogen) atoms. The molecule has 5 rings (SSSR count). The minimum absolute atomic E-state index is 0.00769. The number of phenolic OH excluding ortho intramolecular Hbond substituents is 1. The molecule has 1 fully saturated rings. The SMILES string of the molecule is C=CCN(CC=C)[C@@H](Cc1ccc(O)cc1)C(=O)NC(C)(C)C(=O)NC(C)(C)C(=O)N[C@@H](Cc1ccccc1)C(=O)N[C@@H](CC(C)C)C(=O)O.C=CCN1C[C@H](C)N([C@@H](c2ccc(C(=O)N(CC)CC)cc2)c2cccc(OC)c2)C[C@H]1C. The van der Waals surface area contributed by atoms with Gasteiger partial charge in [-0.3, -0.25) is 38.7 Å². The second-order valence-corrected chi connectivity index (χ2v) is 22.8. The van der Waals surface area contributed by atoms with Crippen LogP contribution in [0.1, 0.15) is 114 Å². The van der Waals surface area contributed by atoms with Gasteiger partial charge < -0.3 is 41.1 Å². The van der Waals surface area contributed by atoms with Gasteiger partial charge in [0, 0.05) is 69.9 Å². The van der Waals surface area contributed by atoms with Crippen LogP contribution in [0.3, 0.4) is 0 Å². The molecule has 0 aromatic heterocycles. The van der Waals surface area contributed by atoms with Crippen LogP contribution in [0.4, 0.5) is 0 Å². The van der Waals surface area contributed by atoms with E-state index in [1.807, 2.05) is 67.8 Å². The van der Waals surface area contributed by atoms with E-state index in [2.05, 4.69) is 95.0 Å². The standard InChI is InChI=1S/C38H53N5O7.C28H39N3O2/c1-9-20-43(21-10-2)31(24-27-16-18-28(44)19-17-27)33(46)41-38(7,8)36(50)42-37(5,6)35(49)40-29(23-26-14-12-11-13-15-26)32(45)39-30(34(47)48)22-25(3)4;1-7-17-30-19-22(5)31(20-21(30)4)27(25-11-10-12-26(18-25)33-6)23-13-15-24(16-14-23)28(32)29(8-2)9-3/h9-19,25,29-31,44H,1-2,20-24H2,3-8H3,(H,39,45)(H,40,49)(H,41,46)(H,42,50)(H,47,48);7,10-16,18,21-22,27H,1,8-9,17,19-20H2,2-6H3/t29-,30-,31-;21-,22+,27+/m01/s1. The van der Waals surface area contributed by atoms with Crippen molar-refractivity contribution < 1.29 is 43.7 Å². The fraction of sp³-hybridized carbons (Fsp3) is 0.455. The van der Waals surface area contributed by atoms with Crippen molar-refractivity contribution in [1.29, 1.82) is 0 Å². The minimum atomic E-state index is -1.55. The van der Waals surface area contributed by atoms with E-state index in [9.17, 15) is 39.0 Å². The number of benzene rings is 4. The number of phenols is 1. The number of aliphatic carboxylic acids is 1. The first kappa shape index (κ1) is 67.9. The van der Waals surface area contributed by atoms with Crippen LogP contribution >= 0.6 is 0 Å². The number of ether oxygens (including phenoxy) is 1. The van der Waals surface area contributed by atoms with Gasteiger partial charge in [-0.25, -0.2) is 4.79 Å². The third-order valence-electron chi connectivity index (χ3n) is 14.9. The van der Waals surface area contributed by atoms with Crippen LogP contribution in [0.5, 0.6) is 11.5 Å². The summed E-state index contributed by atoms with van der Waals surface area (Å²) in [6.45, 7) is 34.8. The molecule has 1 saturated heterocycles. The Hall–Kier alpha value is -7.60. The quantitative estimate of drug-likeness (QED) is 0.0286. The highest BCUT2D eigenvalue weighted by Crippen LogP contribution is 2.35. The van der Waals surface area contributed by atoms with E-state index < -0.39 is 58.8 Å². The van der Waals surface area contributed by atoms with Crippen molar-refractivity contribution in [2.24, 2.45) is 5.92 Å². The molecule has 0 aliphatic carbocycles. The third-order valence-corrected chi connectivity index (χ3v) is 14.9. The monoisotopic (exact) mass is 1140 g/mol. The molecule has 6 N–H and O–H groups in total. The van der Waals surface area contributed by atoms with Gasteiger partial charge in [0.05, 0.1) is 19.2 Å². The Labute approximate surface area is 493 Å². The maximum absolute atomic E-state index is 13.8. The highest BCUT2D eigenvalue weighted by molar-refractivity contribution is 5.98. The number of aromatic hydroxyl groups is 1. The number of carboxylic acid groups (broad SMARTS) is 1. The van der Waals surface area contributed by atoms with E-state index in [1.54, 1.807) is 55.7 Å². The van der Waals surface area contributed by atoms with E-state index in [1.165, 1.54) is 51.0 Å². The number of hydrogen-bond donors (Lipinski definition) is 6. The molecular formula is C66H92N8O9. The summed E-state index contributed by atoms with van der Waals surface area (Å²) in [5, 5.41) is 30.2. The van der Waals surface area contributed by atoms with Gasteiger partial charge in [-0.05, 0) is 133 Å². The van der Waals surface area contributed by atoms with Gasteiger partial charge in [-0.1, -0.05) is 98.8 Å². The summed E-state index contributed by atoms with van der Waals surface area (Å²) in [5.74, 6) is -2.61. The Kier molecular flexibility index (Phi) is 26.4. The number of amides is 5. The topological polar surface area (TPSA) is 213 Å². The summed E-state index contributed by atoms with van der Waals surface area (Å²) in [4.78, 5) is 88.0. The normalized spacial score (nSPS) is 16.2. The van der Waals surface area contributed by atoms with Crippen LogP contribution < -0.4 is 26.0 Å². The molecule has 0 saturated carbocycles. The first-order chi connectivity index (χ1) is 39.3. The maximum Gasteiger partial charge on any atom is 0.326 e. The number of nitrogens with one attached hydrogen (secondary N) is 4. The second-order valence-electron chi connectivity index (χ2n) is 22.8. The summed E-state index contributed by atoms with van der Waals surface area (Å²) < 4.78 is 5.54. The summed E-state index contributed by atoms with van der Waals surface area (Å²) in [6, 6.07) is 29.8. The molecule has 6 atom stereocenters. The van der Waals surface area contributed by atoms with Crippen LogP contribution in [-0.4, -0.2) is 160 Å². The Bertz CT molecular complexity index is 2770. The molecule has 0 radical (unpaired) electrons. The maximum atomic E-state index is 13.8. The second kappa shape index (κ2) is 32.3. The number of hydrogen-bond acceptors (Lipinski definition) is 11. The van der Waals surface area contributed by atoms with Gasteiger partial charge >= 0.3 is 5.97 Å². The van der Waals surface area contributed by atoms with Crippen molar-refractivity contribution in [2.45, 2.75) is 136 Å². The van der Waals surface area contributed by atoms with Gasteiger partial charge in [0.15, 0.2) is 0 Å². The lowest BCUT2D eigenvalue weighted by Crippen LogP contribution is -2.65. The van der Waals surface area contributed by atoms with E-state index >= 15 is 0 Å². The van der Waals surface area contributed by atoms with Crippen molar-refractivity contribution in [2.75, 3.05) is 52.9 Å². The van der Waals surface area contributed by atoms with Crippen LogP contribution in [-0.2, 0) is 36.8 Å². The zero-order valence-corrected chi connectivity index (χ0v) is 50.8. The lowest BCUT2D eigenvalue weighted by Gasteiger charge is -2.47. The molecule has 4 aromatic rings. The van der Waals surface area contributed by atoms with Crippen molar-refractivity contribution >= 4 is 35.5 Å². The van der Waals surface area contributed by atoms with E-state index in [-0.39, 0.29) is 42.9 Å². The number of carboxylic acids is 1. The van der Waals surface area contributed by atoms with Gasteiger partial charge in [0.1, 0.15) is 34.7 Å². The predicted octanol–water partition coefficient (Wildman–Crippen LogP) is 7.96. The summed E-state index contributed by atoms with van der Waals surface area (Å²) >= 11 is 0. The highest BCUT2D eigenvalue weighted by atomic mass is 16.5. The molecule has 0 bridgehead atoms. The Balaban J connectivity index is 0.000000386. The average molecular weight is 1140 g/mol. The number of carbonyl (C=O) groups is 6. The van der Waals surface area contributed by atoms with Crippen molar-refractivity contribution in [3.8, 4) is 11.5 Å². The largest absolute Gasteiger partial charge is 0.508 e. The van der Waals surface area contributed by atoms with Crippen LogP contribution in [0.25, 0.3) is 0 Å². The Morgan fingerprint density at radius 2 is 1.30 bits per heavy atom. The van der Waals surface area contributed by atoms with Crippen LogP contribution in [0.2, 0.25) is 0 Å². The first-order valence-corrected chi connectivity index (χ1v) is 28.7. The fourth-order valence-electron chi connectivity index (χ4n) is 10.1. The molecule has 17 heteroatoms. The molecule has 0 spiro atoms. The van der Waals surface area contributed by atoms with E-state index in [0.29, 0.717) is 38.3 Å². The van der Waals surface area contributed by atoms with Crippen LogP contribution in [0, 0.1) is 5.92 Å². The molecule has 17 nitrogen and oxygen atoms in total. The Morgan fingerprint density at radius 1 is 0.699 bits per heavy atom. The van der Waals surface area contributed by atoms with Crippen LogP contribution in [0.15, 0.2) is 141 Å². The fourth-order valence-corrected chi connectivity index (χ4v) is 10.1. The molecule has 1 aliphatic heterocycles. The van der Waals surface area contributed by atoms with Gasteiger partial charge in [-0.15, -0.1) is 19.7 Å². The zero-order valence-electron chi connectivity index (χ0n) is 50.8. The number of piperazine rings is 1. The van der Waals surface area contributed by atoms with Gasteiger partial charge in [0.25, 0.3) is 5.91 Å². The smallest absolute Gasteiger partial charge is 0.326 e. The number of methoxy groups -OCH3 is 1. The summed E-state index contributed by atoms with van der Waals surface area (Å²) in [5.41, 5.74) is 1.62.